The van der Waals surface area contributed by atoms with E-state index >= 15 is 0 Å². The Morgan fingerprint density at radius 2 is 1.95 bits per heavy atom. The summed E-state index contributed by atoms with van der Waals surface area (Å²) in [5.41, 5.74) is 1.25. The van der Waals surface area contributed by atoms with Crippen molar-refractivity contribution in [1.29, 1.82) is 0 Å². The van der Waals surface area contributed by atoms with E-state index in [0.29, 0.717) is 18.7 Å². The summed E-state index contributed by atoms with van der Waals surface area (Å²) in [7, 11) is 0. The van der Waals surface area contributed by atoms with Crippen molar-refractivity contribution in [2.75, 3.05) is 19.8 Å². The third kappa shape index (κ3) is 5.21. The molecule has 4 nitrogen and oxygen atoms in total. The smallest absolute Gasteiger partial charge is 0.260 e. The van der Waals surface area contributed by atoms with E-state index in [2.05, 4.69) is 6.92 Å². The van der Waals surface area contributed by atoms with E-state index < -0.39 is 0 Å². The van der Waals surface area contributed by atoms with Crippen molar-refractivity contribution in [1.82, 2.24) is 4.90 Å². The molecule has 0 fully saturated rings. The fourth-order valence-electron chi connectivity index (χ4n) is 1.96. The number of amides is 1. The first-order chi connectivity index (χ1) is 9.58. The van der Waals surface area contributed by atoms with E-state index in [1.807, 2.05) is 38.1 Å². The van der Waals surface area contributed by atoms with E-state index in [1.165, 1.54) is 5.56 Å². The van der Waals surface area contributed by atoms with Crippen LogP contribution in [0.15, 0.2) is 24.3 Å². The molecule has 1 rings (SSSR count). The van der Waals surface area contributed by atoms with Gasteiger partial charge in [-0.3, -0.25) is 4.79 Å². The van der Waals surface area contributed by atoms with Crippen molar-refractivity contribution in [3.05, 3.63) is 29.8 Å². The van der Waals surface area contributed by atoms with Gasteiger partial charge in [-0.1, -0.05) is 19.1 Å². The van der Waals surface area contributed by atoms with Crippen LogP contribution < -0.4 is 4.74 Å². The van der Waals surface area contributed by atoms with E-state index in [4.69, 9.17) is 9.84 Å². The fraction of sp³-hybridized carbons (Fsp3) is 0.562. The molecule has 0 atom stereocenters. The van der Waals surface area contributed by atoms with Crippen LogP contribution in [0.1, 0.15) is 32.8 Å². The summed E-state index contributed by atoms with van der Waals surface area (Å²) in [5.74, 6) is 0.662. The van der Waals surface area contributed by atoms with Crippen molar-refractivity contribution in [3.63, 3.8) is 0 Å². The van der Waals surface area contributed by atoms with Crippen LogP contribution in [-0.2, 0) is 11.2 Å². The average Bonchev–Trinajstić information content (AvgIpc) is 2.45. The number of hydrogen-bond acceptors (Lipinski definition) is 3. The number of carbonyl (C=O) groups is 1. The Bertz CT molecular complexity index is 401. The second-order valence-corrected chi connectivity index (χ2v) is 5.04. The van der Waals surface area contributed by atoms with Gasteiger partial charge in [0.05, 0.1) is 0 Å². The quantitative estimate of drug-likeness (QED) is 0.794. The normalized spacial score (nSPS) is 10.7. The van der Waals surface area contributed by atoms with Crippen LogP contribution >= 0.6 is 0 Å². The van der Waals surface area contributed by atoms with Crippen LogP contribution in [0.3, 0.4) is 0 Å². The first kappa shape index (κ1) is 16.5. The van der Waals surface area contributed by atoms with Gasteiger partial charge in [-0.05, 0) is 44.4 Å². The third-order valence-electron chi connectivity index (χ3n) is 3.19. The molecular weight excluding hydrogens is 254 g/mol. The molecule has 4 heteroatoms. The van der Waals surface area contributed by atoms with Crippen LogP contribution in [0, 0.1) is 0 Å². The number of aliphatic hydroxyl groups excluding tert-OH is 1. The van der Waals surface area contributed by atoms with Crippen LogP contribution in [-0.4, -0.2) is 41.7 Å². The zero-order chi connectivity index (χ0) is 15.0. The molecule has 20 heavy (non-hydrogen) atoms. The Morgan fingerprint density at radius 3 is 2.45 bits per heavy atom. The molecule has 0 aromatic heterocycles. The van der Waals surface area contributed by atoms with Crippen LogP contribution in [0.4, 0.5) is 0 Å². The summed E-state index contributed by atoms with van der Waals surface area (Å²) in [6.45, 7) is 6.72. The molecule has 0 aliphatic heterocycles. The molecule has 0 unspecified atom stereocenters. The zero-order valence-corrected chi connectivity index (χ0v) is 12.6. The molecule has 0 saturated carbocycles. The Kier molecular flexibility index (Phi) is 7.09. The van der Waals surface area contributed by atoms with Crippen molar-refractivity contribution >= 4 is 5.91 Å². The topological polar surface area (TPSA) is 49.8 Å². The minimum atomic E-state index is -0.0481. The molecular formula is C16H25NO3. The first-order valence-electron chi connectivity index (χ1n) is 7.20. The van der Waals surface area contributed by atoms with Gasteiger partial charge in [0.15, 0.2) is 6.61 Å². The van der Waals surface area contributed by atoms with Crippen LogP contribution in [0.2, 0.25) is 0 Å². The second kappa shape index (κ2) is 8.59. The summed E-state index contributed by atoms with van der Waals surface area (Å²) >= 11 is 0. The molecule has 0 saturated heterocycles. The van der Waals surface area contributed by atoms with Gasteiger partial charge in [0.1, 0.15) is 5.75 Å². The number of nitrogens with zero attached hydrogens (tertiary/aromatic N) is 1. The highest BCUT2D eigenvalue weighted by Gasteiger charge is 2.16. The van der Waals surface area contributed by atoms with Gasteiger partial charge in [0, 0.05) is 19.2 Å². The molecule has 0 aliphatic rings. The molecule has 112 valence electrons. The molecule has 0 radical (unpaired) electrons. The lowest BCUT2D eigenvalue weighted by Gasteiger charge is -2.26. The lowest BCUT2D eigenvalue weighted by molar-refractivity contribution is -0.135. The number of rotatable bonds is 8. The largest absolute Gasteiger partial charge is 0.484 e. The summed E-state index contributed by atoms with van der Waals surface area (Å²) in [5, 5.41) is 8.87. The second-order valence-electron chi connectivity index (χ2n) is 5.04. The van der Waals surface area contributed by atoms with Gasteiger partial charge in [0.2, 0.25) is 0 Å². The summed E-state index contributed by atoms with van der Waals surface area (Å²) in [4.78, 5) is 13.8. The minimum absolute atomic E-state index is 0.0368. The Hall–Kier alpha value is -1.55. The minimum Gasteiger partial charge on any atom is -0.484 e. The predicted molar refractivity (Wildman–Crippen MR) is 79.9 cm³/mol. The van der Waals surface area contributed by atoms with Gasteiger partial charge in [-0.25, -0.2) is 0 Å². The number of hydrogen-bond donors (Lipinski definition) is 1. The molecule has 0 heterocycles. The maximum absolute atomic E-state index is 12.1. The Morgan fingerprint density at radius 1 is 1.30 bits per heavy atom. The fourth-order valence-corrected chi connectivity index (χ4v) is 1.96. The van der Waals surface area contributed by atoms with Crippen LogP contribution in [0.5, 0.6) is 5.75 Å². The molecule has 0 bridgehead atoms. The first-order valence-corrected chi connectivity index (χ1v) is 7.20. The summed E-state index contributed by atoms with van der Waals surface area (Å²) < 4.78 is 5.52. The van der Waals surface area contributed by atoms with Gasteiger partial charge in [0.25, 0.3) is 5.91 Å². The zero-order valence-electron chi connectivity index (χ0n) is 12.6. The highest BCUT2D eigenvalue weighted by Crippen LogP contribution is 2.13. The summed E-state index contributed by atoms with van der Waals surface area (Å²) in [6.07, 6.45) is 1.58. The van der Waals surface area contributed by atoms with E-state index in [1.54, 1.807) is 4.90 Å². The predicted octanol–water partition coefficient (Wildman–Crippen LogP) is 2.25. The van der Waals surface area contributed by atoms with E-state index in [-0.39, 0.29) is 25.2 Å². The number of ether oxygens (including phenoxy) is 1. The van der Waals surface area contributed by atoms with Crippen molar-refractivity contribution in [3.8, 4) is 5.75 Å². The molecule has 0 aliphatic carbocycles. The lowest BCUT2D eigenvalue weighted by Crippen LogP contribution is -2.40. The Labute approximate surface area is 121 Å². The highest BCUT2D eigenvalue weighted by molar-refractivity contribution is 5.78. The maximum atomic E-state index is 12.1. The monoisotopic (exact) mass is 279 g/mol. The van der Waals surface area contributed by atoms with E-state index in [0.717, 1.165) is 6.42 Å². The average molecular weight is 279 g/mol. The molecule has 1 amide bonds. The number of aliphatic hydroxyl groups is 1. The molecule has 1 N–H and O–H groups in total. The Balaban J connectivity index is 2.50. The molecule has 1 aromatic rings. The van der Waals surface area contributed by atoms with Crippen LogP contribution in [0.25, 0.3) is 0 Å². The molecule has 1 aromatic carbocycles. The highest BCUT2D eigenvalue weighted by atomic mass is 16.5. The van der Waals surface area contributed by atoms with E-state index in [9.17, 15) is 4.79 Å². The van der Waals surface area contributed by atoms with Crippen molar-refractivity contribution in [2.45, 2.75) is 39.7 Å². The van der Waals surface area contributed by atoms with Gasteiger partial charge in [-0.15, -0.1) is 0 Å². The van der Waals surface area contributed by atoms with Gasteiger partial charge < -0.3 is 14.7 Å². The summed E-state index contributed by atoms with van der Waals surface area (Å²) in [6, 6.07) is 7.90. The number of carbonyl (C=O) groups excluding carboxylic acids is 1. The SMILES string of the molecule is CCc1ccc(OCC(=O)N(CCCO)C(C)C)cc1. The maximum Gasteiger partial charge on any atom is 0.260 e. The lowest BCUT2D eigenvalue weighted by atomic mass is 10.2. The van der Waals surface area contributed by atoms with Crippen molar-refractivity contribution < 1.29 is 14.6 Å². The standard InChI is InChI=1S/C16H25NO3/c1-4-14-6-8-15(9-7-14)20-12-16(19)17(13(2)3)10-5-11-18/h6-9,13,18H,4-5,10-12H2,1-3H3. The number of benzene rings is 1. The molecule has 0 spiro atoms. The third-order valence-corrected chi connectivity index (χ3v) is 3.19. The van der Waals surface area contributed by atoms with Gasteiger partial charge >= 0.3 is 0 Å². The number of aryl methyl sites for hydroxylation is 1. The van der Waals surface area contributed by atoms with Crippen molar-refractivity contribution in [2.24, 2.45) is 0 Å². The van der Waals surface area contributed by atoms with Gasteiger partial charge in [-0.2, -0.15) is 0 Å².